The van der Waals surface area contributed by atoms with Gasteiger partial charge in [-0.2, -0.15) is 0 Å². The SMILES string of the molecule is CC(C)c1c(Cl)ncnc1Sc1ccc2ccccc2c1. The maximum absolute atomic E-state index is 6.22. The second-order valence-electron chi connectivity index (χ2n) is 5.15. The number of hydrogen-bond donors (Lipinski definition) is 0. The van der Waals surface area contributed by atoms with Crippen LogP contribution in [0.5, 0.6) is 0 Å². The van der Waals surface area contributed by atoms with Crippen molar-refractivity contribution in [3.8, 4) is 0 Å². The molecule has 21 heavy (non-hydrogen) atoms. The second kappa shape index (κ2) is 6.04. The quantitative estimate of drug-likeness (QED) is 0.592. The molecule has 0 saturated heterocycles. The lowest BCUT2D eigenvalue weighted by atomic mass is 10.1. The van der Waals surface area contributed by atoms with Gasteiger partial charge >= 0.3 is 0 Å². The molecule has 0 fully saturated rings. The summed E-state index contributed by atoms with van der Waals surface area (Å²) in [4.78, 5) is 9.65. The molecule has 0 amide bonds. The molecule has 0 aliphatic rings. The Labute approximate surface area is 133 Å². The fourth-order valence-electron chi connectivity index (χ4n) is 2.27. The Kier molecular flexibility index (Phi) is 4.13. The van der Waals surface area contributed by atoms with Crippen molar-refractivity contribution in [3.05, 3.63) is 59.5 Å². The zero-order valence-corrected chi connectivity index (χ0v) is 13.4. The number of benzene rings is 2. The summed E-state index contributed by atoms with van der Waals surface area (Å²) in [6, 6.07) is 14.8. The smallest absolute Gasteiger partial charge is 0.137 e. The molecular formula is C17H15ClN2S. The molecule has 4 heteroatoms. The summed E-state index contributed by atoms with van der Waals surface area (Å²) < 4.78 is 0. The fraction of sp³-hybridized carbons (Fsp3) is 0.176. The van der Waals surface area contributed by atoms with Gasteiger partial charge in [0.05, 0.1) is 0 Å². The van der Waals surface area contributed by atoms with Crippen molar-refractivity contribution >= 4 is 34.1 Å². The van der Waals surface area contributed by atoms with Crippen LogP contribution in [0, 0.1) is 0 Å². The van der Waals surface area contributed by atoms with E-state index in [-0.39, 0.29) is 0 Å². The number of rotatable bonds is 3. The van der Waals surface area contributed by atoms with Crippen LogP contribution >= 0.6 is 23.4 Å². The first-order valence-corrected chi connectivity index (χ1v) is 8.01. The van der Waals surface area contributed by atoms with Crippen molar-refractivity contribution in [2.24, 2.45) is 0 Å². The van der Waals surface area contributed by atoms with Crippen LogP contribution in [0.4, 0.5) is 0 Å². The summed E-state index contributed by atoms with van der Waals surface area (Å²) in [6.07, 6.45) is 1.53. The minimum Gasteiger partial charge on any atom is -0.229 e. The lowest BCUT2D eigenvalue weighted by molar-refractivity contribution is 0.803. The predicted octanol–water partition coefficient (Wildman–Crippen LogP) is 5.56. The number of aromatic nitrogens is 2. The van der Waals surface area contributed by atoms with E-state index in [1.807, 2.05) is 0 Å². The van der Waals surface area contributed by atoms with Gasteiger partial charge in [0.1, 0.15) is 16.5 Å². The Morgan fingerprint density at radius 3 is 2.52 bits per heavy atom. The minimum absolute atomic E-state index is 0.293. The van der Waals surface area contributed by atoms with Gasteiger partial charge in [0.2, 0.25) is 0 Å². The summed E-state index contributed by atoms with van der Waals surface area (Å²) in [7, 11) is 0. The lowest BCUT2D eigenvalue weighted by Gasteiger charge is -2.12. The minimum atomic E-state index is 0.293. The van der Waals surface area contributed by atoms with E-state index >= 15 is 0 Å². The highest BCUT2D eigenvalue weighted by Gasteiger charge is 2.14. The Morgan fingerprint density at radius 2 is 1.76 bits per heavy atom. The molecule has 1 heterocycles. The van der Waals surface area contributed by atoms with Gasteiger partial charge in [-0.3, -0.25) is 0 Å². The third-order valence-corrected chi connectivity index (χ3v) is 4.62. The normalized spacial score (nSPS) is 11.2. The molecule has 0 bridgehead atoms. The van der Waals surface area contributed by atoms with E-state index in [2.05, 4.69) is 66.3 Å². The van der Waals surface area contributed by atoms with Crippen LogP contribution in [0.1, 0.15) is 25.3 Å². The van der Waals surface area contributed by atoms with E-state index in [0.717, 1.165) is 15.5 Å². The van der Waals surface area contributed by atoms with Crippen molar-refractivity contribution in [2.45, 2.75) is 29.7 Å². The van der Waals surface area contributed by atoms with Crippen LogP contribution in [0.15, 0.2) is 58.7 Å². The van der Waals surface area contributed by atoms with Crippen LogP contribution in [0.3, 0.4) is 0 Å². The first-order valence-electron chi connectivity index (χ1n) is 6.82. The molecule has 1 aromatic heterocycles. The monoisotopic (exact) mass is 314 g/mol. The van der Waals surface area contributed by atoms with Crippen molar-refractivity contribution < 1.29 is 0 Å². The van der Waals surface area contributed by atoms with E-state index < -0.39 is 0 Å². The Morgan fingerprint density at radius 1 is 1.00 bits per heavy atom. The van der Waals surface area contributed by atoms with E-state index in [0.29, 0.717) is 11.1 Å². The van der Waals surface area contributed by atoms with Gasteiger partial charge in [-0.25, -0.2) is 9.97 Å². The number of hydrogen-bond acceptors (Lipinski definition) is 3. The zero-order valence-electron chi connectivity index (χ0n) is 11.9. The average molecular weight is 315 g/mol. The highest BCUT2D eigenvalue weighted by Crippen LogP contribution is 2.36. The standard InChI is InChI=1S/C17H15ClN2S/c1-11(2)15-16(18)19-10-20-17(15)21-14-8-7-12-5-3-4-6-13(12)9-14/h3-11H,1-2H3. The Bertz CT molecular complexity index is 787. The van der Waals surface area contributed by atoms with Gasteiger partial charge in [-0.05, 0) is 28.8 Å². The molecule has 0 N–H and O–H groups in total. The summed E-state index contributed by atoms with van der Waals surface area (Å²) in [5.74, 6) is 0.293. The molecule has 3 rings (SSSR count). The van der Waals surface area contributed by atoms with Crippen molar-refractivity contribution in [1.82, 2.24) is 9.97 Å². The summed E-state index contributed by atoms with van der Waals surface area (Å²) >= 11 is 7.86. The van der Waals surface area contributed by atoms with E-state index in [1.54, 1.807) is 11.8 Å². The second-order valence-corrected chi connectivity index (χ2v) is 6.57. The fourth-order valence-corrected chi connectivity index (χ4v) is 3.76. The van der Waals surface area contributed by atoms with Crippen LogP contribution in [0.25, 0.3) is 10.8 Å². The Hall–Kier alpha value is -1.58. The van der Waals surface area contributed by atoms with E-state index in [9.17, 15) is 0 Å². The molecule has 0 aliphatic carbocycles. The van der Waals surface area contributed by atoms with Crippen LogP contribution in [0.2, 0.25) is 5.15 Å². The van der Waals surface area contributed by atoms with Gasteiger partial charge in [-0.15, -0.1) is 0 Å². The maximum atomic E-state index is 6.22. The number of nitrogens with zero attached hydrogens (tertiary/aromatic N) is 2. The van der Waals surface area contributed by atoms with Crippen molar-refractivity contribution in [1.29, 1.82) is 0 Å². The molecule has 0 unspecified atom stereocenters. The molecule has 0 spiro atoms. The zero-order chi connectivity index (χ0) is 14.8. The topological polar surface area (TPSA) is 25.8 Å². The highest BCUT2D eigenvalue weighted by molar-refractivity contribution is 7.99. The van der Waals surface area contributed by atoms with Crippen molar-refractivity contribution in [3.63, 3.8) is 0 Å². The van der Waals surface area contributed by atoms with Crippen molar-refractivity contribution in [2.75, 3.05) is 0 Å². The largest absolute Gasteiger partial charge is 0.229 e. The molecule has 0 saturated carbocycles. The van der Waals surface area contributed by atoms with Gasteiger partial charge < -0.3 is 0 Å². The molecule has 2 nitrogen and oxygen atoms in total. The van der Waals surface area contributed by atoms with Gasteiger partial charge in [0.25, 0.3) is 0 Å². The number of halogens is 1. The summed E-state index contributed by atoms with van der Waals surface area (Å²) in [5, 5.41) is 3.95. The van der Waals surface area contributed by atoms with Crippen LogP contribution < -0.4 is 0 Å². The molecule has 106 valence electrons. The molecular weight excluding hydrogens is 300 g/mol. The highest BCUT2D eigenvalue weighted by atomic mass is 35.5. The molecule has 2 aromatic carbocycles. The van der Waals surface area contributed by atoms with E-state index in [4.69, 9.17) is 11.6 Å². The number of fused-ring (bicyclic) bond motifs is 1. The molecule has 0 aliphatic heterocycles. The third-order valence-electron chi connectivity index (χ3n) is 3.31. The third kappa shape index (κ3) is 3.04. The summed E-state index contributed by atoms with van der Waals surface area (Å²) in [5.41, 5.74) is 1.01. The lowest BCUT2D eigenvalue weighted by Crippen LogP contribution is -1.97. The van der Waals surface area contributed by atoms with Gasteiger partial charge in [0, 0.05) is 10.5 Å². The maximum Gasteiger partial charge on any atom is 0.137 e. The predicted molar refractivity (Wildman–Crippen MR) is 89.2 cm³/mol. The van der Waals surface area contributed by atoms with Gasteiger partial charge in [0.15, 0.2) is 0 Å². The molecule has 3 aromatic rings. The Balaban J connectivity index is 2.00. The first-order chi connectivity index (χ1) is 10.1. The average Bonchev–Trinajstić information content (AvgIpc) is 2.47. The van der Waals surface area contributed by atoms with Crippen LogP contribution in [-0.2, 0) is 0 Å². The first kappa shape index (κ1) is 14.4. The molecule has 0 atom stereocenters. The van der Waals surface area contributed by atoms with Crippen LogP contribution in [-0.4, -0.2) is 9.97 Å². The van der Waals surface area contributed by atoms with E-state index in [1.165, 1.54) is 17.1 Å². The van der Waals surface area contributed by atoms with Gasteiger partial charge in [-0.1, -0.05) is 67.5 Å². The summed E-state index contributed by atoms with van der Waals surface area (Å²) in [6.45, 7) is 4.21. The molecule has 0 radical (unpaired) electrons.